The van der Waals surface area contributed by atoms with E-state index in [1.807, 2.05) is 0 Å². The molecular weight excluding hydrogens is 160 g/mol. The lowest BCUT2D eigenvalue weighted by Crippen LogP contribution is -2.26. The summed E-state index contributed by atoms with van der Waals surface area (Å²) in [6, 6.07) is 0. The molecule has 0 aromatic rings. The minimum atomic E-state index is -2.47. The predicted octanol–water partition coefficient (Wildman–Crippen LogP) is 1.57. The molecule has 0 unspecified atom stereocenters. The molecule has 10 heavy (non-hydrogen) atoms. The maximum atomic E-state index is 12.4. The number of halogens is 3. The second-order valence-corrected chi connectivity index (χ2v) is 2.95. The first-order valence-electron chi connectivity index (χ1n) is 3.30. The van der Waals surface area contributed by atoms with Gasteiger partial charge in [-0.2, -0.15) is 0 Å². The highest BCUT2D eigenvalue weighted by molar-refractivity contribution is 6.18. The fourth-order valence-electron chi connectivity index (χ4n) is 1.12. The number of hydrogen-bond acceptors (Lipinski definition) is 1. The molecule has 0 saturated carbocycles. The third kappa shape index (κ3) is 2.06. The topological polar surface area (TPSA) is 3.24 Å². The summed E-state index contributed by atoms with van der Waals surface area (Å²) in [5.74, 6) is -2.03. The summed E-state index contributed by atoms with van der Waals surface area (Å²) in [6.45, 7) is 0.955. The van der Waals surface area contributed by atoms with E-state index in [-0.39, 0.29) is 13.0 Å². The molecule has 1 heterocycles. The average Bonchev–Trinajstić information content (AvgIpc) is 2.12. The Morgan fingerprint density at radius 1 is 1.50 bits per heavy atom. The zero-order chi connectivity index (χ0) is 7.61. The molecular formula is C6H10ClF2N. The summed E-state index contributed by atoms with van der Waals surface area (Å²) in [4.78, 5) is 1.69. The average molecular weight is 170 g/mol. The summed E-state index contributed by atoms with van der Waals surface area (Å²) in [5, 5.41) is 0. The van der Waals surface area contributed by atoms with Crippen LogP contribution in [0.15, 0.2) is 0 Å². The third-order valence-corrected chi connectivity index (χ3v) is 1.82. The van der Waals surface area contributed by atoms with E-state index in [1.54, 1.807) is 4.90 Å². The zero-order valence-corrected chi connectivity index (χ0v) is 6.37. The smallest absolute Gasteiger partial charge is 0.261 e. The first-order chi connectivity index (χ1) is 4.64. The van der Waals surface area contributed by atoms with Gasteiger partial charge in [0.1, 0.15) is 0 Å². The van der Waals surface area contributed by atoms with Crippen LogP contribution in [0.1, 0.15) is 6.42 Å². The molecule has 0 bridgehead atoms. The highest BCUT2D eigenvalue weighted by Gasteiger charge is 2.37. The Labute approximate surface area is 64.0 Å². The number of likely N-dealkylation sites (tertiary alicyclic amines) is 1. The van der Waals surface area contributed by atoms with E-state index in [1.165, 1.54) is 0 Å². The molecule has 0 amide bonds. The monoisotopic (exact) mass is 169 g/mol. The summed E-state index contributed by atoms with van der Waals surface area (Å²) in [7, 11) is 0. The van der Waals surface area contributed by atoms with Crippen LogP contribution in [-0.2, 0) is 0 Å². The van der Waals surface area contributed by atoms with Gasteiger partial charge in [-0.05, 0) is 0 Å². The lowest BCUT2D eigenvalue weighted by Gasteiger charge is -2.12. The minimum absolute atomic E-state index is 0.0100. The Kier molecular flexibility index (Phi) is 2.47. The second kappa shape index (κ2) is 3.01. The van der Waals surface area contributed by atoms with Crippen LogP contribution in [0.5, 0.6) is 0 Å². The molecule has 1 aliphatic heterocycles. The van der Waals surface area contributed by atoms with Gasteiger partial charge in [0.15, 0.2) is 0 Å². The zero-order valence-electron chi connectivity index (χ0n) is 5.62. The Balaban J connectivity index is 2.29. The molecule has 0 spiro atoms. The van der Waals surface area contributed by atoms with Crippen LogP contribution in [0.25, 0.3) is 0 Å². The van der Waals surface area contributed by atoms with Crippen molar-refractivity contribution in [1.82, 2.24) is 4.90 Å². The van der Waals surface area contributed by atoms with E-state index in [4.69, 9.17) is 11.6 Å². The van der Waals surface area contributed by atoms with Crippen LogP contribution in [0, 0.1) is 0 Å². The Hall–Kier alpha value is 0.110. The summed E-state index contributed by atoms with van der Waals surface area (Å²) < 4.78 is 24.9. The molecule has 1 rings (SSSR count). The molecule has 1 fully saturated rings. The van der Waals surface area contributed by atoms with Gasteiger partial charge in [-0.25, -0.2) is 8.78 Å². The van der Waals surface area contributed by atoms with Crippen molar-refractivity contribution in [3.05, 3.63) is 0 Å². The Bertz CT molecular complexity index is 118. The maximum absolute atomic E-state index is 12.4. The molecule has 1 saturated heterocycles. The van der Waals surface area contributed by atoms with Gasteiger partial charge in [0.2, 0.25) is 0 Å². The SMILES string of the molecule is FC1(F)CCN(CCCl)C1. The molecule has 0 aromatic heterocycles. The van der Waals surface area contributed by atoms with Crippen molar-refractivity contribution >= 4 is 11.6 Å². The number of rotatable bonds is 2. The molecule has 4 heteroatoms. The van der Waals surface area contributed by atoms with Crippen molar-refractivity contribution in [3.8, 4) is 0 Å². The molecule has 0 aliphatic carbocycles. The van der Waals surface area contributed by atoms with Crippen LogP contribution in [-0.4, -0.2) is 36.3 Å². The van der Waals surface area contributed by atoms with E-state index in [2.05, 4.69) is 0 Å². The fraction of sp³-hybridized carbons (Fsp3) is 1.00. The molecule has 0 atom stereocenters. The van der Waals surface area contributed by atoms with Crippen LogP contribution < -0.4 is 0 Å². The van der Waals surface area contributed by atoms with Crippen LogP contribution in [0.2, 0.25) is 0 Å². The van der Waals surface area contributed by atoms with E-state index >= 15 is 0 Å². The minimum Gasteiger partial charge on any atom is -0.296 e. The second-order valence-electron chi connectivity index (χ2n) is 2.57. The van der Waals surface area contributed by atoms with Gasteiger partial charge in [-0.15, -0.1) is 11.6 Å². The highest BCUT2D eigenvalue weighted by Crippen LogP contribution is 2.26. The van der Waals surface area contributed by atoms with E-state index in [0.29, 0.717) is 19.0 Å². The van der Waals surface area contributed by atoms with Gasteiger partial charge in [0, 0.05) is 25.4 Å². The maximum Gasteiger partial charge on any atom is 0.261 e. The summed E-state index contributed by atoms with van der Waals surface area (Å²) in [5.41, 5.74) is 0. The van der Waals surface area contributed by atoms with Gasteiger partial charge in [-0.3, -0.25) is 4.90 Å². The number of nitrogens with zero attached hydrogens (tertiary/aromatic N) is 1. The fourth-order valence-corrected chi connectivity index (χ4v) is 1.36. The predicted molar refractivity (Wildman–Crippen MR) is 36.7 cm³/mol. The third-order valence-electron chi connectivity index (χ3n) is 1.65. The van der Waals surface area contributed by atoms with Crippen molar-refractivity contribution in [2.75, 3.05) is 25.5 Å². The van der Waals surface area contributed by atoms with E-state index in [9.17, 15) is 8.78 Å². The Morgan fingerprint density at radius 3 is 2.60 bits per heavy atom. The van der Waals surface area contributed by atoms with Gasteiger partial charge in [0.25, 0.3) is 5.92 Å². The lowest BCUT2D eigenvalue weighted by molar-refractivity contribution is 0.0128. The number of alkyl halides is 3. The van der Waals surface area contributed by atoms with Gasteiger partial charge >= 0.3 is 0 Å². The first-order valence-corrected chi connectivity index (χ1v) is 3.84. The highest BCUT2D eigenvalue weighted by atomic mass is 35.5. The van der Waals surface area contributed by atoms with Crippen molar-refractivity contribution in [3.63, 3.8) is 0 Å². The van der Waals surface area contributed by atoms with Gasteiger partial charge in [0.05, 0.1) is 6.54 Å². The normalized spacial score (nSPS) is 25.5. The first kappa shape index (κ1) is 8.21. The van der Waals surface area contributed by atoms with Crippen molar-refractivity contribution in [2.24, 2.45) is 0 Å². The van der Waals surface area contributed by atoms with Crippen LogP contribution in [0.4, 0.5) is 8.78 Å². The quantitative estimate of drug-likeness (QED) is 0.568. The largest absolute Gasteiger partial charge is 0.296 e. The van der Waals surface area contributed by atoms with Crippen LogP contribution in [0.3, 0.4) is 0 Å². The van der Waals surface area contributed by atoms with Crippen molar-refractivity contribution < 1.29 is 8.78 Å². The molecule has 1 nitrogen and oxygen atoms in total. The van der Waals surface area contributed by atoms with Crippen LogP contribution >= 0.6 is 11.6 Å². The molecule has 1 aliphatic rings. The van der Waals surface area contributed by atoms with Gasteiger partial charge < -0.3 is 0 Å². The Morgan fingerprint density at radius 2 is 2.20 bits per heavy atom. The number of hydrogen-bond donors (Lipinski definition) is 0. The molecule has 0 aromatic carbocycles. The van der Waals surface area contributed by atoms with E-state index in [0.717, 1.165) is 0 Å². The lowest BCUT2D eigenvalue weighted by atomic mass is 10.3. The molecule has 60 valence electrons. The summed E-state index contributed by atoms with van der Waals surface area (Å²) >= 11 is 5.39. The van der Waals surface area contributed by atoms with E-state index < -0.39 is 5.92 Å². The summed E-state index contributed by atoms with van der Waals surface area (Å²) in [6.07, 6.45) is -0.0100. The standard InChI is InChI=1S/C6H10ClF2N/c7-2-4-10-3-1-6(8,9)5-10/h1-5H2. The molecule has 0 N–H and O–H groups in total. The van der Waals surface area contributed by atoms with Crippen molar-refractivity contribution in [1.29, 1.82) is 0 Å². The van der Waals surface area contributed by atoms with Gasteiger partial charge in [-0.1, -0.05) is 0 Å². The molecule has 0 radical (unpaired) electrons. The van der Waals surface area contributed by atoms with Crippen molar-refractivity contribution in [2.45, 2.75) is 12.3 Å².